The zero-order valence-electron chi connectivity index (χ0n) is 9.87. The largest absolute Gasteiger partial charge is 0.345 e. The molecular formula is C13H18N2O. The molecule has 0 radical (unpaired) electrons. The molecule has 0 saturated carbocycles. The van der Waals surface area contributed by atoms with E-state index in [0.717, 1.165) is 12.2 Å². The van der Waals surface area contributed by atoms with Gasteiger partial charge in [-0.05, 0) is 37.4 Å². The molecule has 1 N–H and O–H groups in total. The summed E-state index contributed by atoms with van der Waals surface area (Å²) in [6.45, 7) is 6.69. The molecule has 3 heteroatoms. The average Bonchev–Trinajstić information content (AvgIpc) is 2.52. The lowest BCUT2D eigenvalue weighted by molar-refractivity contribution is -0.114. The number of nitrogens with zero attached hydrogens (tertiary/aromatic N) is 1. The van der Waals surface area contributed by atoms with Gasteiger partial charge in [-0.3, -0.25) is 4.79 Å². The molecule has 3 nitrogen and oxygen atoms in total. The number of carbonyl (C=O) groups is 1. The van der Waals surface area contributed by atoms with Crippen LogP contribution in [0.25, 0.3) is 10.9 Å². The summed E-state index contributed by atoms with van der Waals surface area (Å²) in [6, 6.07) is 8.16. The molecule has 0 aliphatic carbocycles. The van der Waals surface area contributed by atoms with Crippen molar-refractivity contribution in [1.82, 2.24) is 4.57 Å². The van der Waals surface area contributed by atoms with Crippen LogP contribution >= 0.6 is 0 Å². The highest BCUT2D eigenvalue weighted by atomic mass is 16.1. The van der Waals surface area contributed by atoms with Crippen molar-refractivity contribution in [2.24, 2.45) is 0 Å². The third kappa shape index (κ3) is 1.81. The van der Waals surface area contributed by atoms with Crippen molar-refractivity contribution >= 4 is 22.5 Å². The van der Waals surface area contributed by atoms with Gasteiger partial charge in [-0.25, -0.2) is 0 Å². The van der Waals surface area contributed by atoms with Crippen LogP contribution in [0.5, 0.6) is 0 Å². The van der Waals surface area contributed by atoms with E-state index in [0.29, 0.717) is 0 Å². The molecule has 2 aromatic rings. The van der Waals surface area contributed by atoms with Crippen molar-refractivity contribution in [1.29, 1.82) is 0 Å². The van der Waals surface area contributed by atoms with Crippen LogP contribution in [0.4, 0.5) is 5.69 Å². The highest BCUT2D eigenvalue weighted by Crippen LogP contribution is 2.23. The van der Waals surface area contributed by atoms with Crippen LogP contribution in [-0.2, 0) is 11.3 Å². The third-order valence-corrected chi connectivity index (χ3v) is 2.75. The van der Waals surface area contributed by atoms with E-state index >= 15 is 0 Å². The predicted molar refractivity (Wildman–Crippen MR) is 68.8 cm³/mol. The smallest absolute Gasteiger partial charge is 0.221 e. The minimum atomic E-state index is -0.0364. The van der Waals surface area contributed by atoms with Gasteiger partial charge in [0.2, 0.25) is 5.91 Å². The Hall–Kier alpha value is -1.77. The lowest BCUT2D eigenvalue weighted by atomic mass is 10.2. The van der Waals surface area contributed by atoms with Crippen molar-refractivity contribution < 1.29 is 6.22 Å². The fourth-order valence-electron chi connectivity index (χ4n) is 2.09. The van der Waals surface area contributed by atoms with Crippen LogP contribution in [0.3, 0.4) is 0 Å². The lowest BCUT2D eigenvalue weighted by Crippen LogP contribution is -2.05. The Balaban J connectivity index is 0.00000144. The molecule has 86 valence electrons. The van der Waals surface area contributed by atoms with Gasteiger partial charge in [0.25, 0.3) is 0 Å². The number of anilines is 1. The van der Waals surface area contributed by atoms with Gasteiger partial charge in [-0.15, -0.1) is 0 Å². The molecule has 0 aliphatic rings. The summed E-state index contributed by atoms with van der Waals surface area (Å²) in [5.74, 6) is -0.0364. The van der Waals surface area contributed by atoms with Gasteiger partial charge in [0.1, 0.15) is 0 Å². The first-order valence-corrected chi connectivity index (χ1v) is 5.49. The Morgan fingerprint density at radius 1 is 1.44 bits per heavy atom. The molecule has 0 aliphatic heterocycles. The van der Waals surface area contributed by atoms with E-state index in [9.17, 15) is 4.79 Å². The van der Waals surface area contributed by atoms with Crippen LogP contribution in [-0.4, -0.2) is 10.5 Å². The monoisotopic (exact) mass is 218 g/mol. The molecule has 0 spiro atoms. The van der Waals surface area contributed by atoms with E-state index in [4.69, 9.17) is 0 Å². The normalized spacial score (nSPS) is 10.7. The summed E-state index contributed by atoms with van der Waals surface area (Å²) < 4.78 is 2.24. The number of carbonyl (C=O) groups excluding carboxylic acids is 1. The van der Waals surface area contributed by atoms with Gasteiger partial charge in [0.05, 0.1) is 5.52 Å². The van der Waals surface area contributed by atoms with E-state index in [1.807, 2.05) is 18.2 Å². The highest BCUT2D eigenvalue weighted by Gasteiger charge is 2.05. The molecule has 1 heterocycles. The van der Waals surface area contributed by atoms with Gasteiger partial charge < -0.3 is 9.88 Å². The van der Waals surface area contributed by atoms with Gasteiger partial charge in [-0.2, -0.15) is 0 Å². The molecule has 0 bridgehead atoms. The summed E-state index contributed by atoms with van der Waals surface area (Å²) in [4.78, 5) is 11.0. The first kappa shape index (κ1) is 10.7. The topological polar surface area (TPSA) is 34.0 Å². The Morgan fingerprint density at radius 3 is 2.81 bits per heavy atom. The maximum atomic E-state index is 11.0. The maximum Gasteiger partial charge on any atom is 0.221 e. The number of amides is 1. The Kier molecular flexibility index (Phi) is 2.69. The summed E-state index contributed by atoms with van der Waals surface area (Å²) in [5.41, 5.74) is 3.27. The molecule has 0 atom stereocenters. The summed E-state index contributed by atoms with van der Waals surface area (Å²) >= 11 is 0. The van der Waals surface area contributed by atoms with E-state index in [1.54, 1.807) is 0 Å². The van der Waals surface area contributed by atoms with Crippen molar-refractivity contribution in [3.05, 3.63) is 30.0 Å². The first-order chi connectivity index (χ1) is 7.61. The Labute approximate surface area is 96.6 Å². The van der Waals surface area contributed by atoms with Crippen molar-refractivity contribution in [3.63, 3.8) is 0 Å². The number of hydrogen-bond acceptors (Lipinski definition) is 1. The average molecular weight is 218 g/mol. The molecule has 1 aromatic heterocycles. The van der Waals surface area contributed by atoms with Crippen molar-refractivity contribution in [2.75, 3.05) is 5.32 Å². The fourth-order valence-corrected chi connectivity index (χ4v) is 2.09. The third-order valence-electron chi connectivity index (χ3n) is 2.75. The minimum Gasteiger partial charge on any atom is -0.345 e. The predicted octanol–water partition coefficient (Wildman–Crippen LogP) is 3.17. The quantitative estimate of drug-likeness (QED) is 0.825. The Morgan fingerprint density at radius 2 is 2.19 bits per heavy atom. The number of fused-ring (bicyclic) bond motifs is 1. The summed E-state index contributed by atoms with van der Waals surface area (Å²) in [7, 11) is 0. The number of nitrogens with one attached hydrogen (secondary N) is 1. The second kappa shape index (κ2) is 4.00. The van der Waals surface area contributed by atoms with Crippen LogP contribution in [0, 0.1) is 6.92 Å². The van der Waals surface area contributed by atoms with E-state index in [1.165, 1.54) is 23.5 Å². The number of aromatic nitrogens is 1. The number of benzene rings is 1. The van der Waals surface area contributed by atoms with E-state index in [2.05, 4.69) is 29.8 Å². The molecule has 2 rings (SSSR count). The van der Waals surface area contributed by atoms with Gasteiger partial charge in [-0.1, -0.05) is 6.07 Å². The van der Waals surface area contributed by atoms with Gasteiger partial charge >= 0.3 is 0 Å². The van der Waals surface area contributed by atoms with E-state index in [-0.39, 0.29) is 7.33 Å². The second-order valence-corrected chi connectivity index (χ2v) is 3.98. The second-order valence-electron chi connectivity index (χ2n) is 3.98. The molecular weight excluding hydrogens is 200 g/mol. The zero-order valence-corrected chi connectivity index (χ0v) is 9.87. The van der Waals surface area contributed by atoms with Gasteiger partial charge in [0, 0.05) is 26.3 Å². The molecule has 0 fully saturated rings. The molecule has 1 amide bonds. The molecule has 16 heavy (non-hydrogen) atoms. The fraction of sp³-hybridized carbons (Fsp3) is 0.308. The number of aryl methyl sites for hydroxylation is 2. The number of rotatable bonds is 2. The van der Waals surface area contributed by atoms with Crippen LogP contribution in [0.15, 0.2) is 24.3 Å². The SMILES string of the molecule is CCn1c(C)cc2ccc(NC(C)=O)cc21.[HH]. The number of hydrogen-bond donors (Lipinski definition) is 1. The molecule has 0 saturated heterocycles. The summed E-state index contributed by atoms with van der Waals surface area (Å²) in [6.07, 6.45) is 0. The zero-order chi connectivity index (χ0) is 11.7. The minimum absolute atomic E-state index is 0. The van der Waals surface area contributed by atoms with Crippen molar-refractivity contribution in [2.45, 2.75) is 27.3 Å². The Bertz CT molecular complexity index is 546. The molecule has 0 unspecified atom stereocenters. The van der Waals surface area contributed by atoms with Crippen LogP contribution in [0.2, 0.25) is 0 Å². The molecule has 1 aromatic carbocycles. The highest BCUT2D eigenvalue weighted by molar-refractivity contribution is 5.92. The van der Waals surface area contributed by atoms with Crippen molar-refractivity contribution in [3.8, 4) is 0 Å². The maximum absolute atomic E-state index is 11.0. The first-order valence-electron chi connectivity index (χ1n) is 5.49. The lowest BCUT2D eigenvalue weighted by Gasteiger charge is -2.06. The standard InChI is InChI=1S/C13H16N2O.H2/c1-4-15-9(2)7-11-5-6-12(8-13(11)15)14-10(3)16;/h5-8H,4H2,1-3H3,(H,14,16);1H. The van der Waals surface area contributed by atoms with Gasteiger partial charge in [0.15, 0.2) is 0 Å². The van der Waals surface area contributed by atoms with E-state index < -0.39 is 0 Å². The van der Waals surface area contributed by atoms with Crippen LogP contribution in [0.1, 0.15) is 21.0 Å². The van der Waals surface area contributed by atoms with Crippen LogP contribution < -0.4 is 5.32 Å². The summed E-state index contributed by atoms with van der Waals surface area (Å²) in [5, 5.41) is 4.02.